The van der Waals surface area contributed by atoms with Crippen molar-refractivity contribution >= 4 is 17.4 Å². The van der Waals surface area contributed by atoms with Crippen molar-refractivity contribution in [3.05, 3.63) is 11.9 Å². The van der Waals surface area contributed by atoms with Crippen LogP contribution in [0.4, 0.5) is 11.6 Å². The number of fused-ring (bicyclic) bond motifs is 1. The number of nitrogens with zero attached hydrogens (tertiary/aromatic N) is 7. The fourth-order valence-corrected chi connectivity index (χ4v) is 4.95. The average molecular weight is 399 g/mol. The maximum atomic E-state index is 4.99. The largest absolute Gasteiger partial charge is 0.354 e. The Bertz CT molecular complexity index is 835. The summed E-state index contributed by atoms with van der Waals surface area (Å²) in [5.41, 5.74) is 0. The molecule has 2 aliphatic heterocycles. The monoisotopic (exact) mass is 398 g/mol. The van der Waals surface area contributed by atoms with Crippen LogP contribution < -0.4 is 15.1 Å². The van der Waals surface area contributed by atoms with Crippen LogP contribution in [-0.4, -0.2) is 83.4 Å². The number of piperazine rings is 2. The second-order valence-electron chi connectivity index (χ2n) is 9.08. The van der Waals surface area contributed by atoms with E-state index in [-0.39, 0.29) is 0 Å². The van der Waals surface area contributed by atoms with Crippen molar-refractivity contribution in [1.82, 2.24) is 29.8 Å². The lowest BCUT2D eigenvalue weighted by molar-refractivity contribution is 0.312. The molecule has 4 heterocycles. The molecule has 2 aromatic heterocycles. The van der Waals surface area contributed by atoms with Gasteiger partial charge in [0.25, 0.3) is 5.78 Å². The molecule has 3 fully saturated rings. The molecule has 0 amide bonds. The molecule has 2 aromatic rings. The van der Waals surface area contributed by atoms with Crippen LogP contribution in [0.3, 0.4) is 0 Å². The Hall–Kier alpha value is -1.93. The number of hydrogen-bond acceptors (Lipinski definition) is 7. The molecule has 0 spiro atoms. The Labute approximate surface area is 173 Å². The summed E-state index contributed by atoms with van der Waals surface area (Å²) in [5.74, 6) is 4.45. The van der Waals surface area contributed by atoms with Gasteiger partial charge in [0.1, 0.15) is 11.6 Å². The molecule has 1 saturated carbocycles. The predicted molar refractivity (Wildman–Crippen MR) is 116 cm³/mol. The summed E-state index contributed by atoms with van der Waals surface area (Å²) in [6, 6.07) is 2.72. The van der Waals surface area contributed by atoms with E-state index in [2.05, 4.69) is 40.1 Å². The van der Waals surface area contributed by atoms with E-state index >= 15 is 0 Å². The fourth-order valence-electron chi connectivity index (χ4n) is 4.95. The van der Waals surface area contributed by atoms with E-state index in [9.17, 15) is 0 Å². The molecule has 3 aliphatic rings. The Balaban J connectivity index is 1.53. The van der Waals surface area contributed by atoms with E-state index in [4.69, 9.17) is 15.1 Å². The van der Waals surface area contributed by atoms with Gasteiger partial charge in [-0.2, -0.15) is 14.5 Å². The van der Waals surface area contributed by atoms with Gasteiger partial charge in [-0.05, 0) is 26.8 Å². The standard InChI is InChI=1S/C21H34N8/c1-16-15-28(9-8-22-16)19-14-18(27-12-10-26(2)11-13-27)23-21-24-20(25-29(19)21)17-6-4-3-5-7-17/h14,16-17,22H,3-13,15H2,1-2H3. The van der Waals surface area contributed by atoms with Crippen molar-refractivity contribution < 1.29 is 0 Å². The van der Waals surface area contributed by atoms with Gasteiger partial charge in [-0.25, -0.2) is 0 Å². The fraction of sp³-hybridized carbons (Fsp3) is 0.762. The molecular weight excluding hydrogens is 364 g/mol. The van der Waals surface area contributed by atoms with Crippen LogP contribution in [0.5, 0.6) is 0 Å². The molecule has 8 heteroatoms. The van der Waals surface area contributed by atoms with Gasteiger partial charge in [0.2, 0.25) is 0 Å². The third-order valence-electron chi connectivity index (χ3n) is 6.79. The maximum absolute atomic E-state index is 4.99. The van der Waals surface area contributed by atoms with E-state index in [1.807, 2.05) is 4.52 Å². The van der Waals surface area contributed by atoms with E-state index in [0.717, 1.165) is 69.1 Å². The van der Waals surface area contributed by atoms with Gasteiger partial charge in [0.15, 0.2) is 5.82 Å². The first kappa shape index (κ1) is 19.1. The molecule has 29 heavy (non-hydrogen) atoms. The van der Waals surface area contributed by atoms with E-state index < -0.39 is 0 Å². The molecule has 5 rings (SSSR count). The van der Waals surface area contributed by atoms with Crippen LogP contribution >= 0.6 is 0 Å². The maximum Gasteiger partial charge on any atom is 0.256 e. The molecule has 158 valence electrons. The highest BCUT2D eigenvalue weighted by molar-refractivity contribution is 5.57. The first-order chi connectivity index (χ1) is 14.2. The zero-order chi connectivity index (χ0) is 19.8. The van der Waals surface area contributed by atoms with Crippen molar-refractivity contribution in [3.8, 4) is 0 Å². The van der Waals surface area contributed by atoms with Crippen LogP contribution in [0.25, 0.3) is 5.78 Å². The molecule has 1 unspecified atom stereocenters. The van der Waals surface area contributed by atoms with Gasteiger partial charge >= 0.3 is 0 Å². The predicted octanol–water partition coefficient (Wildman–Crippen LogP) is 1.72. The summed E-state index contributed by atoms with van der Waals surface area (Å²) in [6.45, 7) is 9.41. The quantitative estimate of drug-likeness (QED) is 0.845. The highest BCUT2D eigenvalue weighted by atomic mass is 15.4. The zero-order valence-electron chi connectivity index (χ0n) is 17.8. The van der Waals surface area contributed by atoms with E-state index in [0.29, 0.717) is 12.0 Å². The van der Waals surface area contributed by atoms with Crippen LogP contribution in [0.2, 0.25) is 0 Å². The second kappa shape index (κ2) is 8.07. The molecule has 0 aromatic carbocycles. The minimum Gasteiger partial charge on any atom is -0.354 e. The van der Waals surface area contributed by atoms with Gasteiger partial charge in [-0.3, -0.25) is 0 Å². The number of rotatable bonds is 3. The van der Waals surface area contributed by atoms with Gasteiger partial charge in [0, 0.05) is 63.8 Å². The van der Waals surface area contributed by atoms with Gasteiger partial charge in [0.05, 0.1) is 0 Å². The zero-order valence-corrected chi connectivity index (χ0v) is 17.8. The molecule has 2 saturated heterocycles. The van der Waals surface area contributed by atoms with Crippen molar-refractivity contribution in [2.24, 2.45) is 0 Å². The Morgan fingerprint density at radius 1 is 0.966 bits per heavy atom. The lowest BCUT2D eigenvalue weighted by atomic mass is 9.89. The third-order valence-corrected chi connectivity index (χ3v) is 6.79. The molecule has 0 bridgehead atoms. The summed E-state index contributed by atoms with van der Waals surface area (Å²) in [5, 5.41) is 8.54. The normalized spacial score (nSPS) is 25.1. The van der Waals surface area contributed by atoms with Crippen LogP contribution in [0.15, 0.2) is 6.07 Å². The first-order valence-electron chi connectivity index (χ1n) is 11.4. The highest BCUT2D eigenvalue weighted by Gasteiger charge is 2.26. The second-order valence-corrected chi connectivity index (χ2v) is 9.08. The van der Waals surface area contributed by atoms with Crippen LogP contribution in [0.1, 0.15) is 50.8 Å². The van der Waals surface area contributed by atoms with Crippen LogP contribution in [0, 0.1) is 0 Å². The Morgan fingerprint density at radius 2 is 1.76 bits per heavy atom. The lowest BCUT2D eigenvalue weighted by Gasteiger charge is -2.35. The minimum atomic E-state index is 0.473. The number of anilines is 2. The van der Waals surface area contributed by atoms with Crippen molar-refractivity contribution in [2.75, 3.05) is 62.7 Å². The number of likely N-dealkylation sites (N-methyl/N-ethyl adjacent to an activating group) is 1. The SMILES string of the molecule is CC1CN(c2cc(N3CCN(C)CC3)nc3nc(C4CCCCC4)nn23)CCN1. The van der Waals surface area contributed by atoms with Crippen molar-refractivity contribution in [1.29, 1.82) is 0 Å². The number of aromatic nitrogens is 4. The summed E-state index contributed by atoms with van der Waals surface area (Å²) >= 11 is 0. The summed E-state index contributed by atoms with van der Waals surface area (Å²) in [7, 11) is 2.19. The molecule has 1 N–H and O–H groups in total. The van der Waals surface area contributed by atoms with E-state index in [1.54, 1.807) is 0 Å². The Morgan fingerprint density at radius 3 is 2.52 bits per heavy atom. The molecule has 1 aliphatic carbocycles. The topological polar surface area (TPSA) is 64.8 Å². The van der Waals surface area contributed by atoms with Crippen LogP contribution in [-0.2, 0) is 0 Å². The van der Waals surface area contributed by atoms with Gasteiger partial charge in [-0.1, -0.05) is 19.3 Å². The average Bonchev–Trinajstić information content (AvgIpc) is 3.18. The summed E-state index contributed by atoms with van der Waals surface area (Å²) in [6.07, 6.45) is 6.36. The van der Waals surface area contributed by atoms with Gasteiger partial charge < -0.3 is 20.0 Å². The molecule has 1 atom stereocenters. The minimum absolute atomic E-state index is 0.473. The Kier molecular flexibility index (Phi) is 5.30. The number of nitrogens with one attached hydrogen (secondary N) is 1. The molecular formula is C21H34N8. The van der Waals surface area contributed by atoms with Crippen molar-refractivity contribution in [3.63, 3.8) is 0 Å². The third kappa shape index (κ3) is 3.92. The summed E-state index contributed by atoms with van der Waals surface area (Å²) in [4.78, 5) is 17.2. The summed E-state index contributed by atoms with van der Waals surface area (Å²) < 4.78 is 2.02. The smallest absolute Gasteiger partial charge is 0.256 e. The number of hydrogen-bond donors (Lipinski definition) is 1. The highest BCUT2D eigenvalue weighted by Crippen LogP contribution is 2.32. The van der Waals surface area contributed by atoms with Crippen molar-refractivity contribution in [2.45, 2.75) is 51.0 Å². The van der Waals surface area contributed by atoms with E-state index in [1.165, 1.54) is 32.1 Å². The van der Waals surface area contributed by atoms with Gasteiger partial charge in [-0.15, -0.1) is 5.10 Å². The lowest BCUT2D eigenvalue weighted by Crippen LogP contribution is -2.50. The molecule has 0 radical (unpaired) electrons. The molecule has 8 nitrogen and oxygen atoms in total. The first-order valence-corrected chi connectivity index (χ1v) is 11.4.